The lowest BCUT2D eigenvalue weighted by atomic mass is 9.84. The summed E-state index contributed by atoms with van der Waals surface area (Å²) >= 11 is 1.78. The summed E-state index contributed by atoms with van der Waals surface area (Å²) in [5, 5.41) is 6.46. The van der Waals surface area contributed by atoms with Crippen LogP contribution >= 0.6 is 11.3 Å². The van der Waals surface area contributed by atoms with E-state index in [4.69, 9.17) is 11.8 Å². The van der Waals surface area contributed by atoms with Crippen LogP contribution in [0.5, 0.6) is 0 Å². The van der Waals surface area contributed by atoms with Crippen LogP contribution in [0, 0.1) is 6.92 Å². The monoisotopic (exact) mass is 647 g/mol. The molecule has 2 nitrogen and oxygen atoms in total. The van der Waals surface area contributed by atoms with Crippen LogP contribution in [-0.2, 0) is 0 Å². The van der Waals surface area contributed by atoms with E-state index in [1.807, 2.05) is 37.3 Å². The van der Waals surface area contributed by atoms with Crippen LogP contribution in [0.4, 0.5) is 0 Å². The Hall–Kier alpha value is -6.03. The smallest absolute Gasteiger partial charge is 0.111 e. The molecule has 0 fully saturated rings. The molecule has 0 unspecified atom stereocenters. The van der Waals surface area contributed by atoms with E-state index in [9.17, 15) is 0 Å². The number of nitrogens with zero attached hydrogens (tertiary/aromatic N) is 2. The molecular formula is C46H30N2S. The van der Waals surface area contributed by atoms with Crippen molar-refractivity contribution in [1.29, 1.82) is 0 Å². The molecule has 0 saturated heterocycles. The highest BCUT2D eigenvalue weighted by Crippen LogP contribution is 2.48. The van der Waals surface area contributed by atoms with Crippen molar-refractivity contribution in [2.45, 2.75) is 6.92 Å². The topological polar surface area (TPSA) is 17.8 Å². The van der Waals surface area contributed by atoms with Crippen molar-refractivity contribution in [2.75, 3.05) is 0 Å². The number of benzene rings is 8. The Morgan fingerprint density at radius 2 is 1.27 bits per heavy atom. The van der Waals surface area contributed by atoms with Crippen molar-refractivity contribution >= 4 is 64.1 Å². The minimum atomic E-state index is -0.402. The predicted octanol–water partition coefficient (Wildman–Crippen LogP) is 13.0. The Kier molecular flexibility index (Phi) is 5.24. The van der Waals surface area contributed by atoms with Crippen LogP contribution in [-0.4, -0.2) is 9.55 Å². The number of aryl methyl sites for hydroxylation is 1. The van der Waals surface area contributed by atoms with E-state index in [0.29, 0.717) is 5.56 Å². The molecule has 0 aliphatic carbocycles. The molecule has 49 heavy (non-hydrogen) atoms. The predicted molar refractivity (Wildman–Crippen MR) is 210 cm³/mol. The fourth-order valence-electron chi connectivity index (χ4n) is 7.59. The number of aromatic nitrogens is 2. The van der Waals surface area contributed by atoms with Crippen LogP contribution in [0.1, 0.15) is 12.7 Å². The van der Waals surface area contributed by atoms with Crippen LogP contribution in [0.3, 0.4) is 0 Å². The average Bonchev–Trinajstić information content (AvgIpc) is 3.75. The number of imidazole rings is 1. The third-order valence-electron chi connectivity index (χ3n) is 9.61. The van der Waals surface area contributed by atoms with Gasteiger partial charge in [-0.15, -0.1) is 11.3 Å². The van der Waals surface area contributed by atoms with Crippen LogP contribution in [0.15, 0.2) is 164 Å². The van der Waals surface area contributed by atoms with Gasteiger partial charge in [-0.3, -0.25) is 4.57 Å². The molecule has 10 aromatic rings. The standard InChI is InChI=1S/C46H30N2S/c1-29-47-40-21-8-9-22-41(40)48(29)33-16-11-15-32(27-33)44-34-17-5-6-18-35(34)45(39-28-31(25-26-36(39)44)30-13-3-2-4-14-30)38-20-12-24-43-46(38)37-19-7-10-23-42(37)49-43/h2-28H,1H3/i2D,3D,4D,13D,14D. The molecule has 0 saturated carbocycles. The molecule has 0 spiro atoms. The summed E-state index contributed by atoms with van der Waals surface area (Å²) < 4.78 is 47.5. The third kappa shape index (κ3) is 4.36. The van der Waals surface area contributed by atoms with E-state index < -0.39 is 6.04 Å². The highest BCUT2D eigenvalue weighted by Gasteiger charge is 2.21. The van der Waals surface area contributed by atoms with Crippen molar-refractivity contribution in [3.63, 3.8) is 0 Å². The first kappa shape index (κ1) is 23.3. The highest BCUT2D eigenvalue weighted by atomic mass is 32.1. The molecular weight excluding hydrogens is 613 g/mol. The van der Waals surface area contributed by atoms with Gasteiger partial charge in [-0.2, -0.15) is 0 Å². The first-order chi connectivity index (χ1) is 26.3. The van der Waals surface area contributed by atoms with Gasteiger partial charge in [-0.25, -0.2) is 4.98 Å². The second kappa shape index (κ2) is 11.0. The van der Waals surface area contributed by atoms with E-state index in [1.54, 1.807) is 11.3 Å². The lowest BCUT2D eigenvalue weighted by Gasteiger charge is -2.20. The zero-order valence-electron chi connectivity index (χ0n) is 31.5. The van der Waals surface area contributed by atoms with Crippen LogP contribution in [0.2, 0.25) is 0 Å². The summed E-state index contributed by atoms with van der Waals surface area (Å²) in [6.45, 7) is 2.03. The molecule has 230 valence electrons. The van der Waals surface area contributed by atoms with Gasteiger partial charge in [0.25, 0.3) is 0 Å². The quantitative estimate of drug-likeness (QED) is 0.174. The number of hydrogen-bond donors (Lipinski definition) is 0. The Labute approximate surface area is 295 Å². The minimum Gasteiger partial charge on any atom is -0.297 e. The Bertz CT molecular complexity index is 3170. The first-order valence-corrected chi connectivity index (χ1v) is 17.1. The Morgan fingerprint density at radius 3 is 2.14 bits per heavy atom. The van der Waals surface area contributed by atoms with E-state index >= 15 is 0 Å². The fourth-order valence-corrected chi connectivity index (χ4v) is 8.72. The molecule has 8 aromatic carbocycles. The summed E-state index contributed by atoms with van der Waals surface area (Å²) in [4.78, 5) is 4.84. The number of thiophene rings is 1. The molecule has 2 aromatic heterocycles. The van der Waals surface area contributed by atoms with Gasteiger partial charge in [0.2, 0.25) is 0 Å². The molecule has 0 radical (unpaired) electrons. The van der Waals surface area contributed by atoms with Crippen molar-refractivity contribution in [3.8, 4) is 39.1 Å². The van der Waals surface area contributed by atoms with Gasteiger partial charge in [0, 0.05) is 25.9 Å². The van der Waals surface area contributed by atoms with E-state index in [-0.39, 0.29) is 29.7 Å². The first-order valence-electron chi connectivity index (χ1n) is 18.8. The molecule has 0 atom stereocenters. The molecule has 0 amide bonds. The van der Waals surface area contributed by atoms with Crippen molar-refractivity contribution in [3.05, 3.63) is 169 Å². The van der Waals surface area contributed by atoms with Crippen molar-refractivity contribution < 1.29 is 6.85 Å². The number of para-hydroxylation sites is 2. The van der Waals surface area contributed by atoms with Crippen LogP contribution in [0.25, 0.3) is 91.8 Å². The van der Waals surface area contributed by atoms with Gasteiger partial charge in [0.1, 0.15) is 5.82 Å². The summed E-state index contributed by atoms with van der Waals surface area (Å²) in [6.07, 6.45) is 0. The van der Waals surface area contributed by atoms with Gasteiger partial charge in [-0.05, 0) is 104 Å². The molecule has 0 aliphatic heterocycles. The van der Waals surface area contributed by atoms with Gasteiger partial charge in [0.15, 0.2) is 0 Å². The largest absolute Gasteiger partial charge is 0.297 e. The Balaban J connectivity index is 1.34. The third-order valence-corrected chi connectivity index (χ3v) is 10.7. The lowest BCUT2D eigenvalue weighted by molar-refractivity contribution is 1.00. The second-order valence-electron chi connectivity index (χ2n) is 12.4. The van der Waals surface area contributed by atoms with E-state index in [2.05, 4.69) is 108 Å². The fraction of sp³-hybridized carbons (Fsp3) is 0.0217. The molecule has 2 heterocycles. The minimum absolute atomic E-state index is 0.187. The lowest BCUT2D eigenvalue weighted by Crippen LogP contribution is -1.98. The van der Waals surface area contributed by atoms with Crippen LogP contribution < -0.4 is 0 Å². The summed E-state index contributed by atoms with van der Waals surface area (Å²) in [7, 11) is 0. The number of fused-ring (bicyclic) bond motifs is 6. The van der Waals surface area contributed by atoms with E-state index in [1.165, 1.54) is 20.2 Å². The molecule has 3 heteroatoms. The maximum Gasteiger partial charge on any atom is 0.111 e. The second-order valence-corrected chi connectivity index (χ2v) is 13.5. The van der Waals surface area contributed by atoms with Crippen molar-refractivity contribution in [1.82, 2.24) is 9.55 Å². The maximum absolute atomic E-state index is 8.87. The number of hydrogen-bond acceptors (Lipinski definition) is 2. The molecule has 10 rings (SSSR count). The number of rotatable bonds is 4. The zero-order chi connectivity index (χ0) is 36.8. The molecule has 0 N–H and O–H groups in total. The van der Waals surface area contributed by atoms with E-state index in [0.717, 1.165) is 66.3 Å². The molecule has 0 aliphatic rings. The van der Waals surface area contributed by atoms with Crippen molar-refractivity contribution in [2.24, 2.45) is 0 Å². The van der Waals surface area contributed by atoms with Gasteiger partial charge >= 0.3 is 0 Å². The normalized spacial score (nSPS) is 13.2. The summed E-state index contributed by atoms with van der Waals surface area (Å²) in [5.41, 5.74) is 7.96. The van der Waals surface area contributed by atoms with Gasteiger partial charge < -0.3 is 0 Å². The summed E-state index contributed by atoms with van der Waals surface area (Å²) in [6, 6.07) is 44.7. The average molecular weight is 648 g/mol. The van der Waals surface area contributed by atoms with Gasteiger partial charge in [-0.1, -0.05) is 121 Å². The highest BCUT2D eigenvalue weighted by molar-refractivity contribution is 7.25. The molecule has 0 bridgehead atoms. The Morgan fingerprint density at radius 1 is 0.551 bits per heavy atom. The SMILES string of the molecule is [2H]c1c([2H])c([2H])c(-c2ccc3c(-c4cccc(-n5c(C)nc6ccccc65)c4)c4ccccc4c(-c4cccc5sc6ccccc6c45)c3c2)c([2H])c1[2H]. The van der Waals surface area contributed by atoms with Gasteiger partial charge in [0.05, 0.1) is 17.9 Å². The summed E-state index contributed by atoms with van der Waals surface area (Å²) in [5.74, 6) is 0.901. The zero-order valence-corrected chi connectivity index (χ0v) is 27.3. The maximum atomic E-state index is 8.87.